The molecule has 0 aromatic heterocycles. The van der Waals surface area contributed by atoms with Crippen LogP contribution >= 0.6 is 7.60 Å². The lowest BCUT2D eigenvalue weighted by atomic mass is 9.76. The number of fused-ring (bicyclic) bond motifs is 5. The zero-order valence-electron chi connectivity index (χ0n) is 22.8. The van der Waals surface area contributed by atoms with Crippen LogP contribution in [0.15, 0.2) is 54.6 Å². The molecule has 0 unspecified atom stereocenters. The number of hydrogen-bond acceptors (Lipinski definition) is 4. The van der Waals surface area contributed by atoms with Crippen LogP contribution in [0.2, 0.25) is 0 Å². The molecule has 36 heavy (non-hydrogen) atoms. The minimum absolute atomic E-state index is 0.0819. The van der Waals surface area contributed by atoms with Gasteiger partial charge in [0.05, 0.1) is 0 Å². The van der Waals surface area contributed by atoms with Crippen LogP contribution in [0.5, 0.6) is 17.2 Å². The number of rotatable bonds is 1. The van der Waals surface area contributed by atoms with E-state index in [1.807, 2.05) is 36.4 Å². The predicted molar refractivity (Wildman–Crippen MR) is 146 cm³/mol. The third-order valence-corrected chi connectivity index (χ3v) is 9.99. The second kappa shape index (κ2) is 7.42. The first-order chi connectivity index (χ1) is 16.5. The Hall–Kier alpha value is -2.71. The van der Waals surface area contributed by atoms with E-state index < -0.39 is 12.8 Å². The Morgan fingerprint density at radius 3 is 1.36 bits per heavy atom. The van der Waals surface area contributed by atoms with Gasteiger partial charge in [-0.3, -0.25) is 0 Å². The van der Waals surface area contributed by atoms with Crippen molar-refractivity contribution < 1.29 is 18.7 Å². The third kappa shape index (κ3) is 3.44. The van der Waals surface area contributed by atoms with Crippen LogP contribution in [-0.4, -0.2) is 5.11 Å². The highest BCUT2D eigenvalue weighted by Crippen LogP contribution is 2.81. The Labute approximate surface area is 215 Å². The van der Waals surface area contributed by atoms with E-state index in [1.165, 1.54) is 0 Å². The molecule has 1 N–H and O–H groups in total. The second-order valence-electron chi connectivity index (χ2n) is 13.3. The lowest BCUT2D eigenvalue weighted by molar-refractivity contribution is 0.397. The minimum atomic E-state index is -3.85. The number of phenols is 1. The summed E-state index contributed by atoms with van der Waals surface area (Å²) in [6.45, 7) is 19.3. The quantitative estimate of drug-likeness (QED) is 0.337. The molecule has 0 atom stereocenters. The van der Waals surface area contributed by atoms with Crippen LogP contribution in [0.3, 0.4) is 0 Å². The summed E-state index contributed by atoms with van der Waals surface area (Å²) in [7, 11) is -3.85. The number of benzene rings is 3. The van der Waals surface area contributed by atoms with E-state index in [0.29, 0.717) is 17.1 Å². The van der Waals surface area contributed by atoms with Crippen LogP contribution in [0.25, 0.3) is 0 Å². The summed E-state index contributed by atoms with van der Waals surface area (Å²) >= 11 is 0. The Kier molecular flexibility index (Phi) is 5.14. The van der Waals surface area contributed by atoms with Crippen LogP contribution < -0.4 is 9.05 Å². The summed E-state index contributed by atoms with van der Waals surface area (Å²) in [4.78, 5) is 0. The van der Waals surface area contributed by atoms with Crippen molar-refractivity contribution >= 4 is 7.60 Å². The minimum Gasteiger partial charge on any atom is -0.508 e. The first-order valence-electron chi connectivity index (χ1n) is 12.6. The first-order valence-corrected chi connectivity index (χ1v) is 14.2. The highest BCUT2D eigenvalue weighted by Gasteiger charge is 2.69. The van der Waals surface area contributed by atoms with Gasteiger partial charge < -0.3 is 14.2 Å². The van der Waals surface area contributed by atoms with Crippen molar-refractivity contribution in [3.05, 3.63) is 88.0 Å². The molecule has 0 amide bonds. The molecule has 5 heteroatoms. The summed E-state index contributed by atoms with van der Waals surface area (Å²) < 4.78 is 27.4. The molecule has 0 radical (unpaired) electrons. The summed E-state index contributed by atoms with van der Waals surface area (Å²) in [5, 5.41) is 10.1. The average Bonchev–Trinajstić information content (AvgIpc) is 3.14. The molecule has 5 rings (SSSR count). The van der Waals surface area contributed by atoms with Crippen molar-refractivity contribution in [3.63, 3.8) is 0 Å². The number of aromatic hydroxyl groups is 1. The third-order valence-electron chi connectivity index (χ3n) is 7.57. The molecular formula is C31H37O4P. The Balaban J connectivity index is 1.95. The van der Waals surface area contributed by atoms with Crippen molar-refractivity contribution in [2.45, 2.75) is 83.7 Å². The van der Waals surface area contributed by atoms with Gasteiger partial charge in [0.25, 0.3) is 0 Å². The van der Waals surface area contributed by atoms with Crippen LogP contribution in [0.4, 0.5) is 0 Å². The zero-order valence-corrected chi connectivity index (χ0v) is 23.7. The van der Waals surface area contributed by atoms with Crippen molar-refractivity contribution in [2.75, 3.05) is 0 Å². The highest BCUT2D eigenvalue weighted by atomic mass is 31.2. The molecule has 0 spiro atoms. The Bertz CT molecular complexity index is 1360. The molecular weight excluding hydrogens is 467 g/mol. The molecule has 190 valence electrons. The fourth-order valence-electron chi connectivity index (χ4n) is 5.30. The molecule has 0 saturated heterocycles. The molecule has 0 bridgehead atoms. The Morgan fingerprint density at radius 2 is 0.972 bits per heavy atom. The fraction of sp³-hybridized carbons (Fsp3) is 0.419. The van der Waals surface area contributed by atoms with Gasteiger partial charge in [-0.05, 0) is 69.3 Å². The maximum atomic E-state index is 14.9. The topological polar surface area (TPSA) is 55.8 Å². The van der Waals surface area contributed by atoms with Crippen LogP contribution in [0.1, 0.15) is 95.7 Å². The maximum absolute atomic E-state index is 14.9. The molecule has 0 saturated carbocycles. The lowest BCUT2D eigenvalue weighted by Crippen LogP contribution is -2.26. The van der Waals surface area contributed by atoms with Crippen molar-refractivity contribution in [2.24, 2.45) is 0 Å². The summed E-state index contributed by atoms with van der Waals surface area (Å²) in [6.07, 6.45) is 0. The number of phenolic OH excluding ortho intramolecular Hbond substituents is 1. The molecule has 2 aliphatic rings. The van der Waals surface area contributed by atoms with Crippen LogP contribution in [0, 0.1) is 0 Å². The van der Waals surface area contributed by atoms with Gasteiger partial charge in [0.1, 0.15) is 17.2 Å². The van der Waals surface area contributed by atoms with E-state index in [1.54, 1.807) is 6.07 Å². The molecule has 3 aromatic rings. The molecule has 0 fully saturated rings. The summed E-state index contributed by atoms with van der Waals surface area (Å²) in [5.74, 6) is 1.16. The smallest absolute Gasteiger partial charge is 0.450 e. The molecule has 3 aromatic carbocycles. The number of hydrogen-bond donors (Lipinski definition) is 1. The lowest BCUT2D eigenvalue weighted by Gasteiger charge is -2.31. The van der Waals surface area contributed by atoms with E-state index in [-0.39, 0.29) is 22.0 Å². The van der Waals surface area contributed by atoms with E-state index in [2.05, 4.69) is 74.4 Å². The summed E-state index contributed by atoms with van der Waals surface area (Å²) in [6, 6.07) is 17.7. The van der Waals surface area contributed by atoms with E-state index in [0.717, 1.165) is 27.8 Å². The van der Waals surface area contributed by atoms with Gasteiger partial charge in [0.15, 0.2) is 5.16 Å². The van der Waals surface area contributed by atoms with Gasteiger partial charge >= 0.3 is 7.60 Å². The van der Waals surface area contributed by atoms with Gasteiger partial charge in [-0.1, -0.05) is 80.5 Å². The van der Waals surface area contributed by atoms with Gasteiger partial charge in [-0.15, -0.1) is 0 Å². The van der Waals surface area contributed by atoms with Gasteiger partial charge in [0.2, 0.25) is 0 Å². The van der Waals surface area contributed by atoms with Gasteiger partial charge in [-0.25, -0.2) is 4.57 Å². The summed E-state index contributed by atoms with van der Waals surface area (Å²) in [5.41, 5.74) is 4.93. The monoisotopic (exact) mass is 504 g/mol. The average molecular weight is 505 g/mol. The molecule has 2 heterocycles. The molecule has 0 aliphatic carbocycles. The fourth-order valence-corrected chi connectivity index (χ4v) is 7.86. The van der Waals surface area contributed by atoms with Crippen molar-refractivity contribution in [1.82, 2.24) is 0 Å². The first kappa shape index (κ1) is 25.0. The maximum Gasteiger partial charge on any atom is 0.450 e. The molecule has 2 aliphatic heterocycles. The highest BCUT2D eigenvalue weighted by molar-refractivity contribution is 7.57. The SMILES string of the molecule is CC(C)(C)c1ccc(O)c(C23c4cc(C(C)(C)C)ccc4OP2(=O)Oc2ccc(C(C)(C)C)cc23)c1. The van der Waals surface area contributed by atoms with Gasteiger partial charge in [0, 0.05) is 16.7 Å². The van der Waals surface area contributed by atoms with Crippen LogP contribution in [-0.2, 0) is 26.0 Å². The second-order valence-corrected chi connectivity index (χ2v) is 15.3. The van der Waals surface area contributed by atoms with Crippen molar-refractivity contribution in [3.8, 4) is 17.2 Å². The largest absolute Gasteiger partial charge is 0.508 e. The van der Waals surface area contributed by atoms with E-state index in [9.17, 15) is 9.67 Å². The normalized spacial score (nSPS) is 22.9. The standard InChI is InChI=1S/C31H37O4P/c1-28(2,3)19-10-13-25(32)22(16-19)31-23-17-20(29(4,5)6)11-14-26(23)34-36(31,33)35-27-15-12-21(18-24(27)31)30(7,8)9/h10-18,32H,1-9H3. The zero-order chi connectivity index (χ0) is 26.5. The van der Waals surface area contributed by atoms with Gasteiger partial charge in [-0.2, -0.15) is 0 Å². The Morgan fingerprint density at radius 1 is 0.611 bits per heavy atom. The van der Waals surface area contributed by atoms with E-state index in [4.69, 9.17) is 9.05 Å². The molecule has 4 nitrogen and oxygen atoms in total. The van der Waals surface area contributed by atoms with E-state index >= 15 is 0 Å². The van der Waals surface area contributed by atoms with Crippen molar-refractivity contribution in [1.29, 1.82) is 0 Å². The predicted octanol–water partition coefficient (Wildman–Crippen LogP) is 8.55.